The van der Waals surface area contributed by atoms with Gasteiger partial charge in [-0.1, -0.05) is 0 Å². The largest absolute Gasteiger partial charge is 0.481 e. The number of amides is 1. The zero-order valence-corrected chi connectivity index (χ0v) is 11.2. The summed E-state index contributed by atoms with van der Waals surface area (Å²) in [6, 6.07) is -0.247. The molecular formula is C12H20N2O4. The van der Waals surface area contributed by atoms with Crippen LogP contribution in [-0.4, -0.2) is 52.8 Å². The minimum absolute atomic E-state index is 0.0686. The first-order valence-corrected chi connectivity index (χ1v) is 6.11. The number of nitrogens with zero attached hydrogens (tertiary/aromatic N) is 1. The van der Waals surface area contributed by atoms with E-state index in [0.717, 1.165) is 0 Å². The third-order valence-corrected chi connectivity index (χ3v) is 3.63. The fourth-order valence-electron chi connectivity index (χ4n) is 2.57. The van der Waals surface area contributed by atoms with Gasteiger partial charge in [-0.05, 0) is 27.7 Å². The van der Waals surface area contributed by atoms with Crippen LogP contribution in [0, 0.1) is 5.41 Å². The van der Waals surface area contributed by atoms with Gasteiger partial charge in [0, 0.05) is 19.1 Å². The van der Waals surface area contributed by atoms with Gasteiger partial charge in [-0.15, -0.1) is 0 Å². The highest BCUT2D eigenvalue weighted by Gasteiger charge is 2.60. The number of carboxylic acid groups (broad SMARTS) is 1. The lowest BCUT2D eigenvalue weighted by Gasteiger charge is -2.40. The fourth-order valence-corrected chi connectivity index (χ4v) is 2.57. The lowest BCUT2D eigenvalue weighted by molar-refractivity contribution is -0.148. The average molecular weight is 256 g/mol. The van der Waals surface area contributed by atoms with E-state index in [1.807, 2.05) is 0 Å². The smallest absolute Gasteiger partial charge is 0.410 e. The molecule has 6 heteroatoms. The van der Waals surface area contributed by atoms with Gasteiger partial charge in [-0.25, -0.2) is 4.79 Å². The Morgan fingerprint density at radius 2 is 2.06 bits per heavy atom. The standard InChI is InChI=1S/C12H20N2O4/c1-11(2,3)18-10(17)14-6-12(4,9(15)16)8-7(14)5-13-8/h7-8,13H,5-6H2,1-4H3,(H,15,16)/t7-,8+,12?/m1/s1. The molecule has 6 nitrogen and oxygen atoms in total. The molecule has 2 aliphatic rings. The molecule has 2 N–H and O–H groups in total. The van der Waals surface area contributed by atoms with Crippen molar-refractivity contribution < 1.29 is 19.4 Å². The van der Waals surface area contributed by atoms with E-state index in [0.29, 0.717) is 6.54 Å². The van der Waals surface area contributed by atoms with E-state index in [9.17, 15) is 14.7 Å². The van der Waals surface area contributed by atoms with Gasteiger partial charge < -0.3 is 20.1 Å². The van der Waals surface area contributed by atoms with E-state index in [1.54, 1.807) is 32.6 Å². The second kappa shape index (κ2) is 3.85. The van der Waals surface area contributed by atoms with E-state index >= 15 is 0 Å². The molecule has 2 heterocycles. The van der Waals surface area contributed by atoms with Crippen LogP contribution in [0.25, 0.3) is 0 Å². The number of carbonyl (C=O) groups excluding carboxylic acids is 1. The number of ether oxygens (including phenoxy) is 1. The van der Waals surface area contributed by atoms with Crippen LogP contribution in [-0.2, 0) is 9.53 Å². The highest BCUT2D eigenvalue weighted by Crippen LogP contribution is 2.39. The predicted octanol–water partition coefficient (Wildman–Crippen LogP) is 0.668. The summed E-state index contributed by atoms with van der Waals surface area (Å²) < 4.78 is 5.31. The maximum Gasteiger partial charge on any atom is 0.410 e. The Morgan fingerprint density at radius 1 is 1.44 bits per heavy atom. The Morgan fingerprint density at radius 3 is 2.39 bits per heavy atom. The maximum atomic E-state index is 12.0. The summed E-state index contributed by atoms with van der Waals surface area (Å²) in [5.74, 6) is -0.879. The molecule has 0 spiro atoms. The number of fused-ring (bicyclic) bond motifs is 1. The number of hydrogen-bond donors (Lipinski definition) is 2. The number of nitrogens with one attached hydrogen (secondary N) is 1. The lowest BCUT2D eigenvalue weighted by atomic mass is 9.79. The molecule has 0 aliphatic carbocycles. The SMILES string of the molecule is CC(C)(C)OC(=O)N1CC(C)(C(=O)O)[C@H]2NC[C@H]21. The molecule has 0 aromatic carbocycles. The molecule has 2 rings (SSSR count). The van der Waals surface area contributed by atoms with Crippen molar-refractivity contribution in [2.24, 2.45) is 5.41 Å². The monoisotopic (exact) mass is 256 g/mol. The Labute approximate surface area is 106 Å². The van der Waals surface area contributed by atoms with Gasteiger partial charge >= 0.3 is 12.1 Å². The number of rotatable bonds is 1. The van der Waals surface area contributed by atoms with Gasteiger partial charge in [-0.2, -0.15) is 0 Å². The summed E-state index contributed by atoms with van der Waals surface area (Å²) in [7, 11) is 0. The van der Waals surface area contributed by atoms with Crippen molar-refractivity contribution in [2.75, 3.05) is 13.1 Å². The maximum absolute atomic E-state index is 12.0. The van der Waals surface area contributed by atoms with E-state index in [-0.39, 0.29) is 18.6 Å². The first-order chi connectivity index (χ1) is 8.15. The van der Waals surface area contributed by atoms with E-state index in [2.05, 4.69) is 5.32 Å². The molecule has 3 atom stereocenters. The predicted molar refractivity (Wildman–Crippen MR) is 64.3 cm³/mol. The highest BCUT2D eigenvalue weighted by atomic mass is 16.6. The molecule has 102 valence electrons. The molecule has 2 fully saturated rings. The van der Waals surface area contributed by atoms with Gasteiger partial charge in [0.1, 0.15) is 5.60 Å². The van der Waals surface area contributed by atoms with E-state index in [1.165, 1.54) is 0 Å². The molecule has 0 saturated carbocycles. The molecule has 18 heavy (non-hydrogen) atoms. The zero-order valence-electron chi connectivity index (χ0n) is 11.2. The molecule has 1 unspecified atom stereocenters. The lowest BCUT2D eigenvalue weighted by Crippen LogP contribution is -2.64. The van der Waals surface area contributed by atoms with Crippen molar-refractivity contribution in [3.63, 3.8) is 0 Å². The molecule has 0 aromatic rings. The summed E-state index contributed by atoms with van der Waals surface area (Å²) in [6.07, 6.45) is -0.427. The average Bonchev–Trinajstić information content (AvgIpc) is 2.30. The van der Waals surface area contributed by atoms with Crippen LogP contribution in [0.2, 0.25) is 0 Å². The molecule has 1 amide bonds. The molecule has 2 aliphatic heterocycles. The number of carbonyl (C=O) groups is 2. The van der Waals surface area contributed by atoms with Gasteiger partial charge in [0.25, 0.3) is 0 Å². The van der Waals surface area contributed by atoms with Crippen molar-refractivity contribution in [3.05, 3.63) is 0 Å². The molecular weight excluding hydrogens is 236 g/mol. The summed E-state index contributed by atoms with van der Waals surface area (Å²) in [4.78, 5) is 24.9. The molecule has 2 saturated heterocycles. The van der Waals surface area contributed by atoms with Crippen LogP contribution in [0.3, 0.4) is 0 Å². The van der Waals surface area contributed by atoms with Crippen LogP contribution in [0.4, 0.5) is 4.79 Å². The summed E-state index contributed by atoms with van der Waals surface area (Å²) >= 11 is 0. The van der Waals surface area contributed by atoms with Crippen LogP contribution in [0.1, 0.15) is 27.7 Å². The topological polar surface area (TPSA) is 78.9 Å². The summed E-state index contributed by atoms with van der Waals surface area (Å²) in [6.45, 7) is 7.89. The minimum Gasteiger partial charge on any atom is -0.481 e. The molecule has 0 bridgehead atoms. The first kappa shape index (κ1) is 13.1. The van der Waals surface area contributed by atoms with Crippen molar-refractivity contribution in [1.29, 1.82) is 0 Å². The fraction of sp³-hybridized carbons (Fsp3) is 0.833. The van der Waals surface area contributed by atoms with Crippen LogP contribution < -0.4 is 5.32 Å². The number of likely N-dealkylation sites (tertiary alicyclic amines) is 1. The van der Waals surface area contributed by atoms with E-state index < -0.39 is 23.1 Å². The second-order valence-corrected chi connectivity index (χ2v) is 6.28. The normalized spacial score (nSPS) is 34.8. The number of carboxylic acids is 1. The quantitative estimate of drug-likeness (QED) is 0.721. The Kier molecular flexibility index (Phi) is 2.81. The van der Waals surface area contributed by atoms with Crippen molar-refractivity contribution in [1.82, 2.24) is 10.2 Å². The Bertz CT molecular complexity index is 390. The minimum atomic E-state index is -0.931. The van der Waals surface area contributed by atoms with Crippen LogP contribution >= 0.6 is 0 Å². The number of hydrogen-bond acceptors (Lipinski definition) is 4. The highest BCUT2D eigenvalue weighted by molar-refractivity contribution is 5.79. The third-order valence-electron chi connectivity index (χ3n) is 3.63. The Hall–Kier alpha value is -1.30. The first-order valence-electron chi connectivity index (χ1n) is 6.11. The zero-order chi connectivity index (χ0) is 13.7. The molecule has 0 radical (unpaired) electrons. The van der Waals surface area contributed by atoms with Crippen molar-refractivity contribution in [2.45, 2.75) is 45.4 Å². The summed E-state index contributed by atoms with van der Waals surface area (Å²) in [5.41, 5.74) is -1.49. The van der Waals surface area contributed by atoms with Gasteiger partial charge in [-0.3, -0.25) is 4.79 Å². The van der Waals surface area contributed by atoms with Gasteiger partial charge in [0.2, 0.25) is 0 Å². The van der Waals surface area contributed by atoms with Crippen LogP contribution in [0.5, 0.6) is 0 Å². The van der Waals surface area contributed by atoms with Crippen molar-refractivity contribution in [3.8, 4) is 0 Å². The third kappa shape index (κ3) is 1.94. The summed E-state index contributed by atoms with van der Waals surface area (Å²) in [5, 5.41) is 12.4. The van der Waals surface area contributed by atoms with Gasteiger partial charge in [0.15, 0.2) is 0 Å². The van der Waals surface area contributed by atoms with Crippen LogP contribution in [0.15, 0.2) is 0 Å². The van der Waals surface area contributed by atoms with Crippen molar-refractivity contribution >= 4 is 12.1 Å². The molecule has 0 aromatic heterocycles. The number of aliphatic carboxylic acids is 1. The van der Waals surface area contributed by atoms with E-state index in [4.69, 9.17) is 4.74 Å². The second-order valence-electron chi connectivity index (χ2n) is 6.28. The Balaban J connectivity index is 2.13. The van der Waals surface area contributed by atoms with Gasteiger partial charge in [0.05, 0.1) is 11.5 Å².